The van der Waals surface area contributed by atoms with Gasteiger partial charge in [-0.1, -0.05) is 5.16 Å². The van der Waals surface area contributed by atoms with Crippen molar-refractivity contribution in [1.82, 2.24) is 20.8 Å². The van der Waals surface area contributed by atoms with Crippen molar-refractivity contribution in [1.29, 1.82) is 0 Å². The van der Waals surface area contributed by atoms with Crippen molar-refractivity contribution in [2.24, 2.45) is 11.5 Å². The summed E-state index contributed by atoms with van der Waals surface area (Å²) in [5.41, 5.74) is 10.8. The second-order valence-electron chi connectivity index (χ2n) is 5.51. The van der Waals surface area contributed by atoms with Gasteiger partial charge in [-0.3, -0.25) is 4.79 Å². The molecule has 13 heteroatoms. The molecule has 0 saturated carbocycles. The molecule has 1 aromatic rings. The van der Waals surface area contributed by atoms with Crippen LogP contribution >= 0.6 is 0 Å². The van der Waals surface area contributed by atoms with Crippen molar-refractivity contribution in [3.05, 3.63) is 11.7 Å². The molecule has 9 N–H and O–H groups in total. The predicted octanol–water partition coefficient (Wildman–Crippen LogP) is -2.50. The number of hydrogen-bond acceptors (Lipinski definition) is 9. The van der Waals surface area contributed by atoms with Crippen LogP contribution in [0.2, 0.25) is 0 Å². The van der Waals surface area contributed by atoms with Gasteiger partial charge in [-0.15, -0.1) is 0 Å². The van der Waals surface area contributed by atoms with Gasteiger partial charge in [0.05, 0.1) is 18.8 Å². The molecule has 2 unspecified atom stereocenters. The SMILES string of the molecule is CC(O)C(N)c1noc([C@H](CCC(N)=O)NC(=O)N[C@@H](CO)C(=O)O)n1. The average Bonchev–Trinajstić information content (AvgIpc) is 3.04. The molecule has 4 atom stereocenters. The van der Waals surface area contributed by atoms with E-state index in [9.17, 15) is 19.5 Å². The fraction of sp³-hybridized carbons (Fsp3) is 0.615. The Morgan fingerprint density at radius 1 is 1.31 bits per heavy atom. The summed E-state index contributed by atoms with van der Waals surface area (Å²) in [5.74, 6) is -2.20. The molecule has 1 aromatic heterocycles. The number of carboxylic acid groups (broad SMARTS) is 1. The molecule has 26 heavy (non-hydrogen) atoms. The van der Waals surface area contributed by atoms with Crippen molar-refractivity contribution in [3.8, 4) is 0 Å². The van der Waals surface area contributed by atoms with E-state index in [2.05, 4.69) is 15.5 Å². The quantitative estimate of drug-likeness (QED) is 0.228. The minimum absolute atomic E-state index is 0.00876. The van der Waals surface area contributed by atoms with Gasteiger partial charge in [0.1, 0.15) is 6.04 Å². The largest absolute Gasteiger partial charge is 0.480 e. The number of rotatable bonds is 10. The highest BCUT2D eigenvalue weighted by molar-refractivity contribution is 5.82. The van der Waals surface area contributed by atoms with Crippen LogP contribution in [0.3, 0.4) is 0 Å². The molecule has 0 fully saturated rings. The van der Waals surface area contributed by atoms with E-state index in [1.54, 1.807) is 0 Å². The Hall–Kier alpha value is -2.77. The first-order chi connectivity index (χ1) is 12.1. The fourth-order valence-electron chi connectivity index (χ4n) is 1.83. The van der Waals surface area contributed by atoms with E-state index < -0.39 is 48.7 Å². The lowest BCUT2D eigenvalue weighted by atomic mass is 10.1. The highest BCUT2D eigenvalue weighted by Gasteiger charge is 2.26. The minimum Gasteiger partial charge on any atom is -0.480 e. The molecule has 0 spiro atoms. The predicted molar refractivity (Wildman–Crippen MR) is 84.3 cm³/mol. The third kappa shape index (κ3) is 6.27. The van der Waals surface area contributed by atoms with Crippen molar-refractivity contribution >= 4 is 17.9 Å². The lowest BCUT2D eigenvalue weighted by molar-refractivity contribution is -0.140. The van der Waals surface area contributed by atoms with Gasteiger partial charge in [0.25, 0.3) is 0 Å². The molecule has 146 valence electrons. The molecule has 0 saturated heterocycles. The molecule has 0 radical (unpaired) electrons. The summed E-state index contributed by atoms with van der Waals surface area (Å²) in [5, 5.41) is 35.2. The number of hydrogen-bond donors (Lipinski definition) is 7. The zero-order valence-corrected chi connectivity index (χ0v) is 14.0. The van der Waals surface area contributed by atoms with Crippen molar-refractivity contribution in [2.45, 2.75) is 44.0 Å². The van der Waals surface area contributed by atoms with Crippen LogP contribution in [-0.4, -0.2) is 62.1 Å². The van der Waals surface area contributed by atoms with Crippen LogP contribution in [0.15, 0.2) is 4.52 Å². The van der Waals surface area contributed by atoms with E-state index >= 15 is 0 Å². The second kappa shape index (κ2) is 9.65. The van der Waals surface area contributed by atoms with Gasteiger partial charge >= 0.3 is 12.0 Å². The Bertz CT molecular complexity index is 634. The number of primary amides is 1. The molecule has 0 aliphatic heterocycles. The van der Waals surface area contributed by atoms with Crippen LogP contribution in [0.4, 0.5) is 4.79 Å². The summed E-state index contributed by atoms with van der Waals surface area (Å²) in [7, 11) is 0. The summed E-state index contributed by atoms with van der Waals surface area (Å²) in [6.07, 6.45) is -1.10. The number of aromatic nitrogens is 2. The van der Waals surface area contributed by atoms with Gasteiger partial charge in [0.15, 0.2) is 11.9 Å². The summed E-state index contributed by atoms with van der Waals surface area (Å²) >= 11 is 0. The number of carbonyl (C=O) groups excluding carboxylic acids is 2. The maximum absolute atomic E-state index is 11.9. The van der Waals surface area contributed by atoms with Gasteiger partial charge < -0.3 is 41.9 Å². The molecule has 3 amide bonds. The van der Waals surface area contributed by atoms with Crippen molar-refractivity contribution in [3.63, 3.8) is 0 Å². The maximum atomic E-state index is 11.9. The summed E-state index contributed by atoms with van der Waals surface area (Å²) in [6.45, 7) is 0.612. The standard InChI is InChI=1S/C13H22N6O7/c1-5(21)9(15)10-18-11(26-19-10)6(2-3-8(14)22)16-13(25)17-7(4-20)12(23)24/h5-7,9,20-21H,2-4,15H2,1H3,(H2,14,22)(H,23,24)(H2,16,17,25)/t5?,6-,7-,9?/m0/s1. The van der Waals surface area contributed by atoms with Crippen LogP contribution in [0, 0.1) is 0 Å². The number of aliphatic hydroxyl groups excluding tert-OH is 2. The monoisotopic (exact) mass is 374 g/mol. The number of amides is 3. The van der Waals surface area contributed by atoms with E-state index in [-0.39, 0.29) is 24.6 Å². The van der Waals surface area contributed by atoms with Crippen LogP contribution < -0.4 is 22.1 Å². The Morgan fingerprint density at radius 3 is 2.46 bits per heavy atom. The first-order valence-electron chi connectivity index (χ1n) is 7.61. The number of nitrogens with two attached hydrogens (primary N) is 2. The Labute approximate surface area is 147 Å². The smallest absolute Gasteiger partial charge is 0.328 e. The van der Waals surface area contributed by atoms with E-state index in [1.807, 2.05) is 5.32 Å². The number of nitrogens with zero attached hydrogens (tertiary/aromatic N) is 2. The number of carboxylic acids is 1. The van der Waals surface area contributed by atoms with Gasteiger partial charge in [0, 0.05) is 6.42 Å². The van der Waals surface area contributed by atoms with Crippen LogP contribution in [0.25, 0.3) is 0 Å². The summed E-state index contributed by atoms with van der Waals surface area (Å²) in [4.78, 5) is 37.7. The third-order valence-electron chi connectivity index (χ3n) is 3.34. The van der Waals surface area contributed by atoms with Gasteiger partial charge in [0.2, 0.25) is 11.8 Å². The third-order valence-corrected chi connectivity index (χ3v) is 3.34. The lowest BCUT2D eigenvalue weighted by Gasteiger charge is -2.17. The van der Waals surface area contributed by atoms with E-state index in [0.717, 1.165) is 0 Å². The molecular formula is C13H22N6O7. The molecule has 0 bridgehead atoms. The second-order valence-corrected chi connectivity index (χ2v) is 5.51. The van der Waals surface area contributed by atoms with E-state index in [0.29, 0.717) is 0 Å². The zero-order valence-electron chi connectivity index (χ0n) is 14.0. The Balaban J connectivity index is 2.89. The van der Waals surface area contributed by atoms with Crippen molar-refractivity contribution < 1.29 is 34.2 Å². The minimum atomic E-state index is -1.52. The highest BCUT2D eigenvalue weighted by Crippen LogP contribution is 2.19. The number of carbonyl (C=O) groups is 3. The molecule has 1 heterocycles. The Kier molecular flexibility index (Phi) is 7.89. The fourth-order valence-corrected chi connectivity index (χ4v) is 1.83. The Morgan fingerprint density at radius 2 is 1.96 bits per heavy atom. The molecule has 0 aromatic carbocycles. The molecule has 13 nitrogen and oxygen atoms in total. The highest BCUT2D eigenvalue weighted by atomic mass is 16.5. The average molecular weight is 374 g/mol. The first kappa shape index (κ1) is 21.3. The first-order valence-corrected chi connectivity index (χ1v) is 7.61. The lowest BCUT2D eigenvalue weighted by Crippen LogP contribution is -2.48. The van der Waals surface area contributed by atoms with Gasteiger partial charge in [-0.05, 0) is 13.3 Å². The normalized spacial score (nSPS) is 15.5. The van der Waals surface area contributed by atoms with Crippen LogP contribution in [0.1, 0.15) is 43.6 Å². The molecule has 0 aliphatic rings. The molecule has 0 aliphatic carbocycles. The van der Waals surface area contributed by atoms with Crippen LogP contribution in [0.5, 0.6) is 0 Å². The maximum Gasteiger partial charge on any atom is 0.328 e. The van der Waals surface area contributed by atoms with Gasteiger partial charge in [-0.25, -0.2) is 9.59 Å². The van der Waals surface area contributed by atoms with Crippen molar-refractivity contribution in [2.75, 3.05) is 6.61 Å². The van der Waals surface area contributed by atoms with E-state index in [1.165, 1.54) is 6.92 Å². The van der Waals surface area contributed by atoms with Crippen LogP contribution in [-0.2, 0) is 9.59 Å². The van der Waals surface area contributed by atoms with E-state index in [4.69, 9.17) is 26.2 Å². The zero-order chi connectivity index (χ0) is 19.9. The van der Waals surface area contributed by atoms with Gasteiger partial charge in [-0.2, -0.15) is 4.98 Å². The molecule has 1 rings (SSSR count). The number of aliphatic carboxylic acids is 1. The molecular weight excluding hydrogens is 352 g/mol. The number of urea groups is 1. The summed E-state index contributed by atoms with van der Waals surface area (Å²) in [6, 6.07) is -4.36. The number of aliphatic hydroxyl groups is 2. The number of nitrogens with one attached hydrogen (secondary N) is 2. The summed E-state index contributed by atoms with van der Waals surface area (Å²) < 4.78 is 5.00. The topological polar surface area (TPSA) is 227 Å².